The monoisotopic (exact) mass is 1060 g/mol. The number of halogens is 12. The number of hydrogen-bond acceptors (Lipinski definition) is 16. The van der Waals surface area contributed by atoms with E-state index in [1.54, 1.807) is 28.2 Å². The van der Waals surface area contributed by atoms with Crippen LogP contribution in [0.25, 0.3) is 0 Å². The summed E-state index contributed by atoms with van der Waals surface area (Å²) in [7, 11) is 6.17. The number of quaternary nitrogens is 4. The molecule has 0 N–H and O–H groups in total. The van der Waals surface area contributed by atoms with Crippen molar-refractivity contribution < 1.29 is 146 Å². The molecular weight excluding hydrogens is 1020 g/mol. The molecule has 0 amide bonds. The second kappa shape index (κ2) is 15.3. The first-order chi connectivity index (χ1) is 32.7. The van der Waals surface area contributed by atoms with Gasteiger partial charge in [0, 0.05) is 51.9 Å². The molecular formula is C36H44B4F12N4O16. The minimum atomic E-state index is -4.34. The van der Waals surface area contributed by atoms with Crippen LogP contribution in [0, 0.1) is 23.7 Å². The molecule has 4 saturated carbocycles. The summed E-state index contributed by atoms with van der Waals surface area (Å²) in [6.07, 6.45) is -17.9. The Labute approximate surface area is 398 Å². The SMILES string of the molecule is C[N+]12CC(=O)O[B-]1([C@@H]1C[C@H]1C(F)(F)F)OC(=O)C2.C[N+]12CC(=O)O[B-]1([C@@H]1C[C@H]1C(F)(F)F)OC(=O)C2.C[N+]12CC(=O)O[B-]1([C@@H]1C[C@H]1C(F)(F)F)OC(=O)C2.C[N+]12CC(=O)O[B-]1([C@@H]1C[C@H]1C(F)(F)F)OC(=O)C2. The molecule has 0 bridgehead atoms. The van der Waals surface area contributed by atoms with Crippen molar-refractivity contribution in [2.24, 2.45) is 23.7 Å². The minimum absolute atomic E-state index is 0.104. The van der Waals surface area contributed by atoms with Gasteiger partial charge in [0.15, 0.2) is 0 Å². The molecule has 0 aromatic heterocycles. The summed E-state index contributed by atoms with van der Waals surface area (Å²) in [5.74, 6) is -14.6. The van der Waals surface area contributed by atoms with E-state index in [0.29, 0.717) is 0 Å². The van der Waals surface area contributed by atoms with Crippen LogP contribution in [0.4, 0.5) is 52.7 Å². The summed E-state index contributed by atoms with van der Waals surface area (Å²) in [5, 5.41) is 0. The van der Waals surface area contributed by atoms with Crippen molar-refractivity contribution in [3.8, 4) is 0 Å². The second-order valence-electron chi connectivity index (χ2n) is 22.2. The molecule has 8 saturated heterocycles. The van der Waals surface area contributed by atoms with Gasteiger partial charge in [0.2, 0.25) is 0 Å². The summed E-state index contributed by atoms with van der Waals surface area (Å²) < 4.78 is 191. The first kappa shape index (κ1) is 51.9. The normalized spacial score (nSPS) is 46.7. The van der Waals surface area contributed by atoms with Gasteiger partial charge in [0.1, 0.15) is 52.4 Å². The summed E-state index contributed by atoms with van der Waals surface area (Å²) in [5.41, 5.74) is 0. The molecule has 0 spiro atoms. The highest BCUT2D eigenvalue weighted by molar-refractivity contribution is 6.70. The van der Waals surface area contributed by atoms with Crippen molar-refractivity contribution in [2.45, 2.75) is 73.7 Å². The van der Waals surface area contributed by atoms with Crippen LogP contribution in [0.3, 0.4) is 0 Å². The summed E-state index contributed by atoms with van der Waals surface area (Å²) >= 11 is 0. The van der Waals surface area contributed by atoms with Crippen molar-refractivity contribution in [3.63, 3.8) is 0 Å². The Balaban J connectivity index is 0.000000119. The third-order valence-electron chi connectivity index (χ3n) is 17.0. The zero-order valence-corrected chi connectivity index (χ0v) is 38.3. The van der Waals surface area contributed by atoms with Gasteiger partial charge in [-0.05, 0) is 23.3 Å². The number of alkyl halides is 12. The van der Waals surface area contributed by atoms with Crippen LogP contribution in [0.5, 0.6) is 0 Å². The van der Waals surface area contributed by atoms with Crippen LogP contribution in [0.1, 0.15) is 25.7 Å². The highest BCUT2D eigenvalue weighted by Crippen LogP contribution is 2.67. The molecule has 0 aromatic carbocycles. The lowest BCUT2D eigenvalue weighted by Crippen LogP contribution is -2.61. The Morgan fingerprint density at radius 3 is 0.528 bits per heavy atom. The lowest BCUT2D eigenvalue weighted by molar-refractivity contribution is -0.794. The number of likely N-dealkylation sites (N-methyl/N-ethyl adjacent to an activating group) is 4. The highest BCUT2D eigenvalue weighted by atomic mass is 19.4. The van der Waals surface area contributed by atoms with E-state index in [9.17, 15) is 91.0 Å². The van der Waals surface area contributed by atoms with E-state index < -0.39 is 146 Å². The van der Waals surface area contributed by atoms with Crippen LogP contribution in [-0.4, -0.2) is 197 Å². The van der Waals surface area contributed by atoms with Gasteiger partial charge in [-0.15, -0.1) is 0 Å². The van der Waals surface area contributed by atoms with E-state index in [4.69, 9.17) is 37.2 Å². The standard InChI is InChI=1S/4C9H11BF3NO4/c4*1-14-3-7(15)17-10(14,18-8(16)4-14)6-2-5(6)9(11,12)13/h4*5-6H,2-4H2,1H3/t4*5-,6-,10?,14?/m1111/s1. The number of carbonyl (C=O) groups excluding carboxylic acids is 8. The highest BCUT2D eigenvalue weighted by Gasteiger charge is 2.81. The van der Waals surface area contributed by atoms with Gasteiger partial charge in [-0.3, -0.25) is 38.4 Å². The number of hydrogen-bond donors (Lipinski definition) is 0. The van der Waals surface area contributed by atoms with Crippen LogP contribution in [-0.2, 0) is 75.6 Å². The van der Waals surface area contributed by atoms with Crippen LogP contribution >= 0.6 is 0 Å². The van der Waals surface area contributed by atoms with E-state index in [2.05, 4.69) is 0 Å². The van der Waals surface area contributed by atoms with Crippen molar-refractivity contribution in [3.05, 3.63) is 0 Å². The fourth-order valence-electron chi connectivity index (χ4n) is 13.3. The maximum atomic E-state index is 12.6. The number of carbonyl (C=O) groups is 8. The largest absolute Gasteiger partial charge is 0.600 e. The molecule has 72 heavy (non-hydrogen) atoms. The van der Waals surface area contributed by atoms with E-state index >= 15 is 0 Å². The van der Waals surface area contributed by atoms with Crippen LogP contribution < -0.4 is 0 Å². The van der Waals surface area contributed by atoms with Gasteiger partial charge in [-0.25, -0.2) is 0 Å². The Hall–Kier alpha value is -4.98. The summed E-state index contributed by atoms with van der Waals surface area (Å²) in [4.78, 5) is 90.9. The number of fused-ring (bicyclic) bond motifs is 4. The summed E-state index contributed by atoms with van der Waals surface area (Å²) in [6.45, 7) is -10.9. The Bertz CT molecular complexity index is 2050. The number of nitrogens with zero attached hydrogens (tertiary/aromatic N) is 4. The van der Waals surface area contributed by atoms with Gasteiger partial charge in [-0.2, -0.15) is 52.7 Å². The molecule has 12 fully saturated rings. The van der Waals surface area contributed by atoms with Gasteiger partial charge in [-0.1, -0.05) is 25.7 Å². The molecule has 0 radical (unpaired) electrons. The molecule has 400 valence electrons. The third-order valence-corrected chi connectivity index (χ3v) is 17.0. The maximum absolute atomic E-state index is 12.6. The van der Waals surface area contributed by atoms with Gasteiger partial charge >= 0.3 is 99.2 Å². The molecule has 20 nitrogen and oxygen atoms in total. The lowest BCUT2D eigenvalue weighted by Gasteiger charge is -2.40. The fraction of sp³-hybridized carbons (Fsp3) is 0.778. The zero-order chi connectivity index (χ0) is 53.4. The molecule has 8 aliphatic heterocycles. The van der Waals surface area contributed by atoms with E-state index in [1.165, 1.54) is 0 Å². The molecule has 8 heterocycles. The average Bonchev–Trinajstić information content (AvgIpc) is 4.04. The van der Waals surface area contributed by atoms with Crippen molar-refractivity contribution in [1.29, 1.82) is 0 Å². The third kappa shape index (κ3) is 7.96. The molecule has 12 aliphatic rings. The smallest absolute Gasteiger partial charge is 0.587 e. The van der Waals surface area contributed by atoms with Crippen LogP contribution in [0.2, 0.25) is 23.3 Å². The Kier molecular flexibility index (Phi) is 11.0. The minimum Gasteiger partial charge on any atom is -0.600 e. The maximum Gasteiger partial charge on any atom is 0.587 e. The number of rotatable bonds is 4. The molecule has 8 atom stereocenters. The summed E-state index contributed by atoms with van der Waals surface area (Å²) in [6, 6.07) is 0. The van der Waals surface area contributed by atoms with Gasteiger partial charge in [0.05, 0.1) is 0 Å². The van der Waals surface area contributed by atoms with Gasteiger partial charge < -0.3 is 54.8 Å². The first-order valence-electron chi connectivity index (χ1n) is 22.7. The molecule has 0 unspecified atom stereocenters. The molecule has 12 rings (SSSR count). The van der Waals surface area contributed by atoms with E-state index in [-0.39, 0.29) is 95.6 Å². The Morgan fingerprint density at radius 2 is 0.431 bits per heavy atom. The lowest BCUT2D eigenvalue weighted by atomic mass is 9.61. The van der Waals surface area contributed by atoms with E-state index in [1.807, 2.05) is 0 Å². The van der Waals surface area contributed by atoms with Crippen molar-refractivity contribution >= 4 is 74.5 Å². The molecule has 0 aromatic rings. The topological polar surface area (TPSA) is 210 Å². The zero-order valence-electron chi connectivity index (χ0n) is 38.3. The van der Waals surface area contributed by atoms with Crippen LogP contribution in [0.15, 0.2) is 0 Å². The predicted molar refractivity (Wildman–Crippen MR) is 207 cm³/mol. The van der Waals surface area contributed by atoms with Gasteiger partial charge in [0.25, 0.3) is 0 Å². The van der Waals surface area contributed by atoms with Crippen molar-refractivity contribution in [1.82, 2.24) is 0 Å². The van der Waals surface area contributed by atoms with E-state index in [0.717, 1.165) is 0 Å². The van der Waals surface area contributed by atoms with Crippen molar-refractivity contribution in [2.75, 3.05) is 80.5 Å². The predicted octanol–water partition coefficient (Wildman–Crippen LogP) is 1.75. The first-order valence-corrected chi connectivity index (χ1v) is 22.7. The fourth-order valence-corrected chi connectivity index (χ4v) is 13.3. The average molecular weight is 1060 g/mol. The Morgan fingerprint density at radius 1 is 0.306 bits per heavy atom. The second-order valence-corrected chi connectivity index (χ2v) is 22.2. The molecule has 36 heteroatoms. The quantitative estimate of drug-likeness (QED) is 0.290. The molecule has 4 aliphatic carbocycles.